The molecule has 0 radical (unpaired) electrons. The van der Waals surface area contributed by atoms with Gasteiger partial charge in [0.05, 0.1) is 11.4 Å². The highest BCUT2D eigenvalue weighted by atomic mass is 35.5. The second-order valence-electron chi connectivity index (χ2n) is 5.58. The molecule has 1 aromatic carbocycles. The molecule has 0 aromatic heterocycles. The molecule has 18 heavy (non-hydrogen) atoms. The number of hydrogen-bond acceptors (Lipinski definition) is 2. The average Bonchev–Trinajstić information content (AvgIpc) is 2.34. The van der Waals surface area contributed by atoms with Gasteiger partial charge in [-0.3, -0.25) is 0 Å². The molecule has 0 bridgehead atoms. The van der Waals surface area contributed by atoms with E-state index in [2.05, 4.69) is 12.2 Å². The highest BCUT2D eigenvalue weighted by molar-refractivity contribution is 6.31. The van der Waals surface area contributed by atoms with Gasteiger partial charge in [0.15, 0.2) is 0 Å². The van der Waals surface area contributed by atoms with Crippen LogP contribution in [0, 0.1) is 11.8 Å². The molecule has 3 N–H and O–H groups in total. The molecule has 0 heterocycles. The summed E-state index contributed by atoms with van der Waals surface area (Å²) in [7, 11) is 0. The van der Waals surface area contributed by atoms with Crippen molar-refractivity contribution in [3.63, 3.8) is 0 Å². The van der Waals surface area contributed by atoms with Crippen LogP contribution in [0.2, 0.25) is 5.02 Å². The summed E-state index contributed by atoms with van der Waals surface area (Å²) in [5.74, 6) is 1.78. The van der Waals surface area contributed by atoms with Gasteiger partial charge in [-0.25, -0.2) is 0 Å². The van der Waals surface area contributed by atoms with Crippen molar-refractivity contribution in [3.8, 4) is 0 Å². The van der Waals surface area contributed by atoms with Crippen LogP contribution in [-0.4, -0.2) is 6.54 Å². The van der Waals surface area contributed by atoms with Crippen molar-refractivity contribution in [1.29, 1.82) is 0 Å². The van der Waals surface area contributed by atoms with Gasteiger partial charge in [-0.05, 0) is 42.9 Å². The fourth-order valence-corrected chi connectivity index (χ4v) is 3.09. The Hall–Kier alpha value is -0.890. The van der Waals surface area contributed by atoms with Crippen LogP contribution >= 0.6 is 11.6 Å². The molecule has 1 aliphatic rings. The number of nitrogen functional groups attached to an aromatic ring is 1. The van der Waals surface area contributed by atoms with Crippen LogP contribution in [0.1, 0.15) is 39.0 Å². The lowest BCUT2D eigenvalue weighted by Crippen LogP contribution is -2.16. The van der Waals surface area contributed by atoms with Gasteiger partial charge >= 0.3 is 0 Å². The van der Waals surface area contributed by atoms with E-state index in [1.54, 1.807) is 0 Å². The van der Waals surface area contributed by atoms with Gasteiger partial charge in [0.1, 0.15) is 0 Å². The maximum Gasteiger partial charge on any atom is 0.0588 e. The smallest absolute Gasteiger partial charge is 0.0588 e. The minimum atomic E-state index is 0.734. The van der Waals surface area contributed by atoms with Crippen LogP contribution in [0.5, 0.6) is 0 Å². The van der Waals surface area contributed by atoms with E-state index in [1.165, 1.54) is 32.1 Å². The van der Waals surface area contributed by atoms with Crippen molar-refractivity contribution in [2.75, 3.05) is 17.6 Å². The van der Waals surface area contributed by atoms with E-state index in [1.807, 2.05) is 18.2 Å². The molecule has 2 unspecified atom stereocenters. The third kappa shape index (κ3) is 3.81. The minimum Gasteiger partial charge on any atom is -0.397 e. The third-order valence-electron chi connectivity index (χ3n) is 3.93. The zero-order valence-corrected chi connectivity index (χ0v) is 11.8. The quantitative estimate of drug-likeness (QED) is 0.785. The van der Waals surface area contributed by atoms with E-state index in [0.717, 1.165) is 34.8 Å². The van der Waals surface area contributed by atoms with Crippen LogP contribution in [0.15, 0.2) is 18.2 Å². The van der Waals surface area contributed by atoms with E-state index >= 15 is 0 Å². The first-order valence-corrected chi connectivity index (χ1v) is 7.32. The second-order valence-corrected chi connectivity index (χ2v) is 6.02. The number of benzene rings is 1. The van der Waals surface area contributed by atoms with E-state index in [-0.39, 0.29) is 0 Å². The largest absolute Gasteiger partial charge is 0.397 e. The van der Waals surface area contributed by atoms with Crippen LogP contribution in [0.3, 0.4) is 0 Å². The molecule has 1 saturated carbocycles. The van der Waals surface area contributed by atoms with Gasteiger partial charge in [-0.15, -0.1) is 0 Å². The van der Waals surface area contributed by atoms with E-state index in [4.69, 9.17) is 17.3 Å². The Morgan fingerprint density at radius 2 is 2.22 bits per heavy atom. The fraction of sp³-hybridized carbons (Fsp3) is 0.600. The lowest BCUT2D eigenvalue weighted by molar-refractivity contribution is 0.274. The maximum absolute atomic E-state index is 5.97. The van der Waals surface area contributed by atoms with Crippen molar-refractivity contribution in [2.45, 2.75) is 39.0 Å². The number of hydrogen-bond donors (Lipinski definition) is 2. The fourth-order valence-electron chi connectivity index (χ4n) is 2.91. The van der Waals surface area contributed by atoms with E-state index < -0.39 is 0 Å². The lowest BCUT2D eigenvalue weighted by Gasteiger charge is -2.26. The molecule has 0 aliphatic heterocycles. The molecule has 0 amide bonds. The molecule has 0 spiro atoms. The first-order chi connectivity index (χ1) is 8.65. The number of nitrogens with two attached hydrogens (primary N) is 1. The summed E-state index contributed by atoms with van der Waals surface area (Å²) in [6.07, 6.45) is 6.80. The van der Waals surface area contributed by atoms with Crippen molar-refractivity contribution < 1.29 is 0 Å². The Bertz CT molecular complexity index is 392. The third-order valence-corrected chi connectivity index (χ3v) is 4.16. The maximum atomic E-state index is 5.97. The number of nitrogens with one attached hydrogen (secondary N) is 1. The molecule has 100 valence electrons. The molecular weight excluding hydrogens is 244 g/mol. The second kappa shape index (κ2) is 6.33. The van der Waals surface area contributed by atoms with Gasteiger partial charge in [0.2, 0.25) is 0 Å². The molecule has 2 nitrogen and oxygen atoms in total. The zero-order chi connectivity index (χ0) is 13.0. The lowest BCUT2D eigenvalue weighted by atomic mass is 9.81. The van der Waals surface area contributed by atoms with E-state index in [0.29, 0.717) is 0 Å². The molecular formula is C15H23ClN2. The average molecular weight is 267 g/mol. The van der Waals surface area contributed by atoms with Crippen LogP contribution < -0.4 is 11.1 Å². The van der Waals surface area contributed by atoms with Gasteiger partial charge in [0.25, 0.3) is 0 Å². The molecule has 0 saturated heterocycles. The van der Waals surface area contributed by atoms with E-state index in [9.17, 15) is 0 Å². The Labute approximate surface area is 115 Å². The van der Waals surface area contributed by atoms with Gasteiger partial charge in [-0.2, -0.15) is 0 Å². The molecule has 1 aliphatic carbocycles. The number of rotatable bonds is 4. The SMILES string of the molecule is CC1CCCC(CCNc2cc(Cl)ccc2N)C1. The Balaban J connectivity index is 1.79. The zero-order valence-electron chi connectivity index (χ0n) is 11.1. The Morgan fingerprint density at radius 1 is 1.39 bits per heavy atom. The molecule has 1 fully saturated rings. The van der Waals surface area contributed by atoms with Crippen molar-refractivity contribution in [2.24, 2.45) is 11.8 Å². The summed E-state index contributed by atoms with van der Waals surface area (Å²) in [5, 5.41) is 4.14. The summed E-state index contributed by atoms with van der Waals surface area (Å²) in [6, 6.07) is 5.58. The molecule has 3 heteroatoms. The molecule has 2 atom stereocenters. The summed E-state index contributed by atoms with van der Waals surface area (Å²) in [5.41, 5.74) is 7.65. The highest BCUT2D eigenvalue weighted by Crippen LogP contribution is 2.31. The predicted molar refractivity (Wildman–Crippen MR) is 80.1 cm³/mol. The summed E-state index contributed by atoms with van der Waals surface area (Å²) in [4.78, 5) is 0. The normalized spacial score (nSPS) is 23.9. The minimum absolute atomic E-state index is 0.734. The number of anilines is 2. The molecule has 2 rings (SSSR count). The summed E-state index contributed by atoms with van der Waals surface area (Å²) >= 11 is 5.97. The standard InChI is InChI=1S/C15H23ClN2/c1-11-3-2-4-12(9-11)7-8-18-15-10-13(16)5-6-14(15)17/h5-6,10-12,18H,2-4,7-9,17H2,1H3. The van der Waals surface area contributed by atoms with Crippen LogP contribution in [0.4, 0.5) is 11.4 Å². The monoisotopic (exact) mass is 266 g/mol. The first kappa shape index (κ1) is 13.5. The van der Waals surface area contributed by atoms with Crippen molar-refractivity contribution in [3.05, 3.63) is 23.2 Å². The Kier molecular flexibility index (Phi) is 4.76. The van der Waals surface area contributed by atoms with Crippen molar-refractivity contribution in [1.82, 2.24) is 0 Å². The highest BCUT2D eigenvalue weighted by Gasteiger charge is 2.18. The molecule has 1 aromatic rings. The first-order valence-electron chi connectivity index (χ1n) is 6.94. The van der Waals surface area contributed by atoms with Crippen LogP contribution in [0.25, 0.3) is 0 Å². The number of halogens is 1. The van der Waals surface area contributed by atoms with Gasteiger partial charge < -0.3 is 11.1 Å². The predicted octanol–water partition coefficient (Wildman–Crippen LogP) is 4.55. The van der Waals surface area contributed by atoms with Crippen LogP contribution in [-0.2, 0) is 0 Å². The van der Waals surface area contributed by atoms with Crippen molar-refractivity contribution >= 4 is 23.0 Å². The topological polar surface area (TPSA) is 38.0 Å². The Morgan fingerprint density at radius 3 is 3.00 bits per heavy atom. The summed E-state index contributed by atoms with van der Waals surface area (Å²) < 4.78 is 0. The van der Waals surface area contributed by atoms with Gasteiger partial charge in [0, 0.05) is 11.6 Å². The summed E-state index contributed by atoms with van der Waals surface area (Å²) in [6.45, 7) is 3.36. The van der Waals surface area contributed by atoms with Gasteiger partial charge in [-0.1, -0.05) is 37.8 Å².